The number of hydrogen-bond acceptors (Lipinski definition) is 12. The molecule has 0 aliphatic rings. The number of esters is 1. The van der Waals surface area contributed by atoms with Gasteiger partial charge in [-0.3, -0.25) is 0 Å². The third-order valence-corrected chi connectivity index (χ3v) is 7.06. The van der Waals surface area contributed by atoms with E-state index in [2.05, 4.69) is 19.2 Å². The van der Waals surface area contributed by atoms with Crippen molar-refractivity contribution in [1.29, 1.82) is 0 Å². The Kier molecular flexibility index (Phi) is 34.5. The Labute approximate surface area is 296 Å². The monoisotopic (exact) mass is 701 g/mol. The quantitative estimate of drug-likeness (QED) is 0.0683. The topological polar surface area (TPSA) is 121 Å². The van der Waals surface area contributed by atoms with Crippen LogP contribution in [-0.4, -0.2) is 138 Å². The molecule has 0 atom stereocenters. The second-order valence-electron chi connectivity index (χ2n) is 11.3. The highest BCUT2D eigenvalue weighted by molar-refractivity contribution is 5.89. The third kappa shape index (κ3) is 31.8. The average Bonchev–Trinajstić information content (AvgIpc) is 3.12. The molecule has 0 saturated heterocycles. The first kappa shape index (κ1) is 45.2. The second-order valence-corrected chi connectivity index (χ2v) is 11.3. The zero-order valence-corrected chi connectivity index (χ0v) is 30.6. The molecule has 1 N–H and O–H groups in total. The number of ether oxygens (including phenoxy) is 10. The Morgan fingerprint density at radius 2 is 0.776 bits per heavy atom. The highest BCUT2D eigenvalue weighted by Gasteiger charge is 2.07. The largest absolute Gasteiger partial charge is 0.460 e. The molecule has 0 fully saturated rings. The molecule has 49 heavy (non-hydrogen) atoms. The fourth-order valence-electron chi connectivity index (χ4n) is 4.26. The minimum absolute atomic E-state index is 0.194. The number of carbonyl (C=O) groups excluding carboxylic acids is 1. The summed E-state index contributed by atoms with van der Waals surface area (Å²) < 4.78 is 54.8. The van der Waals surface area contributed by atoms with Gasteiger partial charge in [-0.2, -0.15) is 0 Å². The van der Waals surface area contributed by atoms with Crippen LogP contribution < -0.4 is 5.32 Å². The van der Waals surface area contributed by atoms with Crippen molar-refractivity contribution >= 4 is 11.7 Å². The molecule has 1 aromatic carbocycles. The van der Waals surface area contributed by atoms with Crippen LogP contribution in [0.25, 0.3) is 0 Å². The maximum Gasteiger partial charge on any atom is 0.338 e. The lowest BCUT2D eigenvalue weighted by Gasteiger charge is -2.09. The molecule has 1 aromatic rings. The Morgan fingerprint density at radius 1 is 0.429 bits per heavy atom. The Morgan fingerprint density at radius 3 is 1.18 bits per heavy atom. The SMILES string of the molecule is CCCCCCCCOCCOCCOCCOCCOCCOCCOCCOCCOCCOC(=O)c1ccc(NCCCC)cc1. The molecule has 0 aliphatic heterocycles. The molecule has 12 nitrogen and oxygen atoms in total. The van der Waals surface area contributed by atoms with Gasteiger partial charge in [0, 0.05) is 18.8 Å². The number of unbranched alkanes of at least 4 members (excludes halogenated alkanes) is 6. The summed E-state index contributed by atoms with van der Waals surface area (Å²) in [6, 6.07) is 7.30. The normalized spacial score (nSPS) is 11.3. The van der Waals surface area contributed by atoms with E-state index in [1.165, 1.54) is 32.1 Å². The lowest BCUT2D eigenvalue weighted by atomic mass is 10.1. The van der Waals surface area contributed by atoms with E-state index in [-0.39, 0.29) is 12.6 Å². The van der Waals surface area contributed by atoms with E-state index < -0.39 is 0 Å². The van der Waals surface area contributed by atoms with Gasteiger partial charge in [-0.15, -0.1) is 0 Å². The van der Waals surface area contributed by atoms with Gasteiger partial charge in [-0.05, 0) is 37.1 Å². The first-order valence-corrected chi connectivity index (χ1v) is 18.5. The zero-order chi connectivity index (χ0) is 35.1. The van der Waals surface area contributed by atoms with Crippen LogP contribution >= 0.6 is 0 Å². The first-order chi connectivity index (χ1) is 24.3. The summed E-state index contributed by atoms with van der Waals surface area (Å²) in [5.41, 5.74) is 1.52. The average molecular weight is 702 g/mol. The Balaban J connectivity index is 1.69. The van der Waals surface area contributed by atoms with Gasteiger partial charge in [-0.25, -0.2) is 4.79 Å². The van der Waals surface area contributed by atoms with E-state index in [0.29, 0.717) is 118 Å². The van der Waals surface area contributed by atoms with Gasteiger partial charge in [0.1, 0.15) is 6.61 Å². The minimum atomic E-state index is -0.357. The molecule has 1 rings (SSSR count). The second kappa shape index (κ2) is 37.4. The van der Waals surface area contributed by atoms with Gasteiger partial charge in [0.15, 0.2) is 0 Å². The van der Waals surface area contributed by atoms with Crippen LogP contribution in [0.15, 0.2) is 24.3 Å². The lowest BCUT2D eigenvalue weighted by Crippen LogP contribution is -2.15. The highest BCUT2D eigenvalue weighted by atomic mass is 16.6. The van der Waals surface area contributed by atoms with Gasteiger partial charge in [-0.1, -0.05) is 52.4 Å². The van der Waals surface area contributed by atoms with Crippen LogP contribution in [0, 0.1) is 0 Å². The van der Waals surface area contributed by atoms with E-state index in [4.69, 9.17) is 47.4 Å². The van der Waals surface area contributed by atoms with E-state index in [1.807, 2.05) is 12.1 Å². The molecular formula is C37H67NO11. The van der Waals surface area contributed by atoms with E-state index in [1.54, 1.807) is 12.1 Å². The molecular weight excluding hydrogens is 634 g/mol. The van der Waals surface area contributed by atoms with Gasteiger partial charge < -0.3 is 52.7 Å². The summed E-state index contributed by atoms with van der Waals surface area (Å²) in [7, 11) is 0. The van der Waals surface area contributed by atoms with Crippen LogP contribution in [0.1, 0.15) is 75.6 Å². The van der Waals surface area contributed by atoms with E-state index in [0.717, 1.165) is 38.1 Å². The Hall–Kier alpha value is -1.87. The molecule has 0 heterocycles. The summed E-state index contributed by atoms with van der Waals surface area (Å²) in [5.74, 6) is -0.357. The maximum absolute atomic E-state index is 12.1. The van der Waals surface area contributed by atoms with Crippen molar-refractivity contribution in [2.45, 2.75) is 65.2 Å². The number of nitrogens with one attached hydrogen (secondary N) is 1. The summed E-state index contributed by atoms with van der Waals surface area (Å²) in [4.78, 5) is 12.1. The summed E-state index contributed by atoms with van der Waals surface area (Å²) >= 11 is 0. The lowest BCUT2D eigenvalue weighted by molar-refractivity contribution is -0.0259. The fraction of sp³-hybridized carbons (Fsp3) is 0.811. The Bertz CT molecular complexity index is 816. The molecule has 286 valence electrons. The summed E-state index contributed by atoms with van der Waals surface area (Å²) in [5, 5.41) is 3.32. The molecule has 0 amide bonds. The summed E-state index contributed by atoms with van der Waals surface area (Å²) in [6.45, 7) is 14.9. The number of rotatable bonds is 39. The number of benzene rings is 1. The molecule has 0 aromatic heterocycles. The molecule has 0 unspecified atom stereocenters. The van der Waals surface area contributed by atoms with E-state index in [9.17, 15) is 4.79 Å². The third-order valence-electron chi connectivity index (χ3n) is 7.06. The van der Waals surface area contributed by atoms with Crippen molar-refractivity contribution in [3.8, 4) is 0 Å². The van der Waals surface area contributed by atoms with Gasteiger partial charge in [0.2, 0.25) is 0 Å². The molecule has 12 heteroatoms. The van der Waals surface area contributed by atoms with Crippen LogP contribution in [0.4, 0.5) is 5.69 Å². The molecule has 0 spiro atoms. The number of anilines is 1. The molecule has 0 saturated carbocycles. The van der Waals surface area contributed by atoms with Crippen LogP contribution in [0.5, 0.6) is 0 Å². The van der Waals surface area contributed by atoms with Crippen molar-refractivity contribution in [2.75, 3.05) is 137 Å². The molecule has 0 bridgehead atoms. The predicted octanol–water partition coefficient (Wildman–Crippen LogP) is 5.57. The smallest absolute Gasteiger partial charge is 0.338 e. The van der Waals surface area contributed by atoms with Crippen molar-refractivity contribution < 1.29 is 52.2 Å². The zero-order valence-electron chi connectivity index (χ0n) is 30.6. The number of carbonyl (C=O) groups is 1. The van der Waals surface area contributed by atoms with Crippen LogP contribution in [0.3, 0.4) is 0 Å². The van der Waals surface area contributed by atoms with E-state index >= 15 is 0 Å². The predicted molar refractivity (Wildman–Crippen MR) is 191 cm³/mol. The standard InChI is InChI=1S/C37H67NO11/c1-3-5-7-8-9-10-16-40-17-18-41-19-20-42-21-22-43-23-24-44-25-26-45-27-28-46-29-30-47-31-32-48-33-34-49-37(39)35-11-13-36(14-12-35)38-15-6-4-2/h11-14,38H,3-10,15-34H2,1-2H3. The highest BCUT2D eigenvalue weighted by Crippen LogP contribution is 2.11. The van der Waals surface area contributed by atoms with Crippen molar-refractivity contribution in [3.05, 3.63) is 29.8 Å². The molecule has 0 aliphatic carbocycles. The fourth-order valence-corrected chi connectivity index (χ4v) is 4.26. The van der Waals surface area contributed by atoms with Crippen molar-refractivity contribution in [3.63, 3.8) is 0 Å². The van der Waals surface area contributed by atoms with Gasteiger partial charge >= 0.3 is 5.97 Å². The van der Waals surface area contributed by atoms with Gasteiger partial charge in [0.25, 0.3) is 0 Å². The van der Waals surface area contributed by atoms with Crippen molar-refractivity contribution in [2.24, 2.45) is 0 Å². The van der Waals surface area contributed by atoms with Crippen LogP contribution in [-0.2, 0) is 47.4 Å². The van der Waals surface area contributed by atoms with Gasteiger partial charge in [0.05, 0.1) is 118 Å². The first-order valence-electron chi connectivity index (χ1n) is 18.5. The van der Waals surface area contributed by atoms with Crippen LogP contribution in [0.2, 0.25) is 0 Å². The maximum atomic E-state index is 12.1. The summed E-state index contributed by atoms with van der Waals surface area (Å²) in [6.07, 6.45) is 9.91. The number of hydrogen-bond donors (Lipinski definition) is 1. The van der Waals surface area contributed by atoms with Crippen molar-refractivity contribution in [1.82, 2.24) is 0 Å². The molecule has 0 radical (unpaired) electrons. The minimum Gasteiger partial charge on any atom is -0.460 e.